The summed E-state index contributed by atoms with van der Waals surface area (Å²) in [6, 6.07) is 0.346. The summed E-state index contributed by atoms with van der Waals surface area (Å²) in [5, 5.41) is 8.11. The average Bonchev–Trinajstić information content (AvgIpc) is 2.66. The lowest BCUT2D eigenvalue weighted by atomic mass is 10.0. The van der Waals surface area contributed by atoms with E-state index in [4.69, 9.17) is 0 Å². The maximum absolute atomic E-state index is 11.4. The van der Waals surface area contributed by atoms with Gasteiger partial charge in [0.2, 0.25) is 0 Å². The minimum absolute atomic E-state index is 0.145. The molecule has 0 aromatic carbocycles. The van der Waals surface area contributed by atoms with Crippen LogP contribution in [0.2, 0.25) is 0 Å². The van der Waals surface area contributed by atoms with Crippen molar-refractivity contribution in [3.05, 3.63) is 11.9 Å². The molecule has 1 aromatic rings. The molecule has 1 heterocycles. The van der Waals surface area contributed by atoms with Crippen LogP contribution in [0.15, 0.2) is 6.20 Å². The van der Waals surface area contributed by atoms with Gasteiger partial charge < -0.3 is 0 Å². The number of Topliss-reactive ketones (excluding diaryl/α,β-unsaturated/α-hetero) is 1. The highest BCUT2D eigenvalue weighted by atomic mass is 16.1. The lowest BCUT2D eigenvalue weighted by Crippen LogP contribution is -2.06. The third kappa shape index (κ3) is 3.76. The Kier molecular flexibility index (Phi) is 4.65. The smallest absolute Gasteiger partial charge is 0.135 e. The highest BCUT2D eigenvalue weighted by Crippen LogP contribution is 2.08. The first-order chi connectivity index (χ1) is 7.50. The first-order valence-corrected chi connectivity index (χ1v) is 5.94. The third-order valence-electron chi connectivity index (χ3n) is 2.59. The van der Waals surface area contributed by atoms with Crippen LogP contribution in [-0.4, -0.2) is 20.8 Å². The Morgan fingerprint density at radius 3 is 2.56 bits per heavy atom. The van der Waals surface area contributed by atoms with E-state index in [-0.39, 0.29) is 5.92 Å². The first kappa shape index (κ1) is 12.9. The van der Waals surface area contributed by atoms with Crippen molar-refractivity contribution >= 4 is 5.78 Å². The molecular weight excluding hydrogens is 202 g/mol. The number of carbonyl (C=O) groups excluding carboxylic acids is 1. The molecule has 16 heavy (non-hydrogen) atoms. The SMILES string of the molecule is CC(C)C(=O)CCCc1cn(C(C)C)nn1. The number of hydrogen-bond acceptors (Lipinski definition) is 3. The van der Waals surface area contributed by atoms with E-state index in [2.05, 4.69) is 24.2 Å². The zero-order chi connectivity index (χ0) is 12.1. The van der Waals surface area contributed by atoms with Crippen molar-refractivity contribution in [1.29, 1.82) is 0 Å². The van der Waals surface area contributed by atoms with Crippen molar-refractivity contribution in [1.82, 2.24) is 15.0 Å². The highest BCUT2D eigenvalue weighted by molar-refractivity contribution is 5.80. The fourth-order valence-corrected chi connectivity index (χ4v) is 1.41. The molecule has 0 radical (unpaired) electrons. The molecule has 0 spiro atoms. The van der Waals surface area contributed by atoms with Crippen LogP contribution in [0.5, 0.6) is 0 Å². The largest absolute Gasteiger partial charge is 0.299 e. The number of rotatable bonds is 6. The van der Waals surface area contributed by atoms with Gasteiger partial charge in [-0.3, -0.25) is 4.79 Å². The molecule has 4 heteroatoms. The van der Waals surface area contributed by atoms with E-state index in [9.17, 15) is 4.79 Å². The van der Waals surface area contributed by atoms with Crippen LogP contribution in [0.1, 0.15) is 52.3 Å². The number of aryl methyl sites for hydroxylation is 1. The Balaban J connectivity index is 2.35. The van der Waals surface area contributed by atoms with Crippen LogP contribution in [0.3, 0.4) is 0 Å². The molecule has 0 N–H and O–H groups in total. The van der Waals surface area contributed by atoms with E-state index in [0.29, 0.717) is 18.2 Å². The zero-order valence-corrected chi connectivity index (χ0v) is 10.6. The minimum atomic E-state index is 0.145. The second-order valence-electron chi connectivity index (χ2n) is 4.76. The Labute approximate surface area is 97.0 Å². The fraction of sp³-hybridized carbons (Fsp3) is 0.750. The average molecular weight is 223 g/mol. The first-order valence-electron chi connectivity index (χ1n) is 5.94. The molecule has 1 aromatic heterocycles. The summed E-state index contributed by atoms with van der Waals surface area (Å²) in [4.78, 5) is 11.4. The summed E-state index contributed by atoms with van der Waals surface area (Å²) in [6.45, 7) is 8.02. The molecular formula is C12H21N3O. The van der Waals surface area contributed by atoms with Gasteiger partial charge in [-0.1, -0.05) is 19.1 Å². The van der Waals surface area contributed by atoms with Gasteiger partial charge in [-0.15, -0.1) is 5.10 Å². The van der Waals surface area contributed by atoms with Gasteiger partial charge in [0.05, 0.1) is 5.69 Å². The van der Waals surface area contributed by atoms with Crippen molar-refractivity contribution in [3.8, 4) is 0 Å². The van der Waals surface area contributed by atoms with E-state index < -0.39 is 0 Å². The van der Waals surface area contributed by atoms with Crippen molar-refractivity contribution in [2.75, 3.05) is 0 Å². The maximum Gasteiger partial charge on any atom is 0.135 e. The summed E-state index contributed by atoms with van der Waals surface area (Å²) in [6.07, 6.45) is 4.32. The number of hydrogen-bond donors (Lipinski definition) is 0. The predicted molar refractivity (Wildman–Crippen MR) is 63.2 cm³/mol. The molecule has 0 aliphatic carbocycles. The van der Waals surface area contributed by atoms with E-state index in [1.807, 2.05) is 24.7 Å². The number of aromatic nitrogens is 3. The molecule has 0 saturated carbocycles. The standard InChI is InChI=1S/C12H21N3O/c1-9(2)12(16)7-5-6-11-8-15(10(3)4)14-13-11/h8-10H,5-7H2,1-4H3. The van der Waals surface area contributed by atoms with E-state index in [1.165, 1.54) is 0 Å². The molecule has 0 aliphatic rings. The summed E-state index contributed by atoms with van der Waals surface area (Å²) >= 11 is 0. The number of ketones is 1. The van der Waals surface area contributed by atoms with Gasteiger partial charge in [0.15, 0.2) is 0 Å². The molecule has 0 atom stereocenters. The zero-order valence-electron chi connectivity index (χ0n) is 10.6. The van der Waals surface area contributed by atoms with E-state index in [1.54, 1.807) is 0 Å². The predicted octanol–water partition coefficient (Wildman–Crippen LogP) is 2.41. The molecule has 0 saturated heterocycles. The van der Waals surface area contributed by atoms with Crippen molar-refractivity contribution in [3.63, 3.8) is 0 Å². The highest BCUT2D eigenvalue weighted by Gasteiger charge is 2.08. The molecule has 4 nitrogen and oxygen atoms in total. The normalized spacial score (nSPS) is 11.4. The van der Waals surface area contributed by atoms with E-state index >= 15 is 0 Å². The van der Waals surface area contributed by atoms with Crippen molar-refractivity contribution in [2.45, 2.75) is 53.0 Å². The van der Waals surface area contributed by atoms with Crippen LogP contribution >= 0.6 is 0 Å². The van der Waals surface area contributed by atoms with Gasteiger partial charge in [0.1, 0.15) is 5.78 Å². The van der Waals surface area contributed by atoms with Crippen LogP contribution < -0.4 is 0 Å². The molecule has 0 unspecified atom stereocenters. The molecule has 90 valence electrons. The van der Waals surface area contributed by atoms with Crippen LogP contribution in [0.25, 0.3) is 0 Å². The van der Waals surface area contributed by atoms with E-state index in [0.717, 1.165) is 18.5 Å². The van der Waals surface area contributed by atoms with Gasteiger partial charge in [0.25, 0.3) is 0 Å². The Hall–Kier alpha value is -1.19. The monoisotopic (exact) mass is 223 g/mol. The Morgan fingerprint density at radius 1 is 1.38 bits per heavy atom. The fourth-order valence-electron chi connectivity index (χ4n) is 1.41. The van der Waals surface area contributed by atoms with Gasteiger partial charge >= 0.3 is 0 Å². The van der Waals surface area contributed by atoms with Crippen molar-refractivity contribution < 1.29 is 4.79 Å². The topological polar surface area (TPSA) is 47.8 Å². The quantitative estimate of drug-likeness (QED) is 0.744. The summed E-state index contributed by atoms with van der Waals surface area (Å²) in [5.74, 6) is 0.475. The molecule has 0 aliphatic heterocycles. The van der Waals surface area contributed by atoms with Crippen molar-refractivity contribution in [2.24, 2.45) is 5.92 Å². The minimum Gasteiger partial charge on any atom is -0.299 e. The Bertz CT molecular complexity index is 342. The molecule has 0 amide bonds. The molecule has 1 rings (SSSR count). The van der Waals surface area contributed by atoms with Crippen LogP contribution in [-0.2, 0) is 11.2 Å². The summed E-state index contributed by atoms with van der Waals surface area (Å²) in [5.41, 5.74) is 0.977. The lowest BCUT2D eigenvalue weighted by Gasteiger charge is -2.02. The second kappa shape index (κ2) is 5.77. The molecule has 0 bridgehead atoms. The number of nitrogens with zero attached hydrogens (tertiary/aromatic N) is 3. The third-order valence-corrected chi connectivity index (χ3v) is 2.59. The van der Waals surface area contributed by atoms with Gasteiger partial charge in [0, 0.05) is 24.6 Å². The Morgan fingerprint density at radius 2 is 2.06 bits per heavy atom. The van der Waals surface area contributed by atoms with Crippen LogP contribution in [0, 0.1) is 5.92 Å². The summed E-state index contributed by atoms with van der Waals surface area (Å²) in [7, 11) is 0. The summed E-state index contributed by atoms with van der Waals surface area (Å²) < 4.78 is 1.85. The lowest BCUT2D eigenvalue weighted by molar-refractivity contribution is -0.121. The van der Waals surface area contributed by atoms with Gasteiger partial charge in [-0.2, -0.15) is 0 Å². The van der Waals surface area contributed by atoms with Gasteiger partial charge in [-0.25, -0.2) is 4.68 Å². The second-order valence-corrected chi connectivity index (χ2v) is 4.76. The maximum atomic E-state index is 11.4. The van der Waals surface area contributed by atoms with Gasteiger partial charge in [-0.05, 0) is 26.7 Å². The van der Waals surface area contributed by atoms with Crippen LogP contribution in [0.4, 0.5) is 0 Å². The molecule has 0 fully saturated rings. The number of carbonyl (C=O) groups is 1.